The van der Waals surface area contributed by atoms with Gasteiger partial charge in [-0.25, -0.2) is 9.79 Å². The first-order valence-corrected chi connectivity index (χ1v) is 14.6. The van der Waals surface area contributed by atoms with Gasteiger partial charge >= 0.3 is 5.97 Å². The summed E-state index contributed by atoms with van der Waals surface area (Å²) in [6, 6.07) is 19.4. The zero-order valence-corrected chi connectivity index (χ0v) is 25.3. The number of rotatable bonds is 7. The highest BCUT2D eigenvalue weighted by Crippen LogP contribution is 2.34. The van der Waals surface area contributed by atoms with Gasteiger partial charge in [-0.05, 0) is 50.6 Å². The van der Waals surface area contributed by atoms with Crippen LogP contribution in [0.25, 0.3) is 6.08 Å². The molecule has 0 unspecified atom stereocenters. The maximum absolute atomic E-state index is 14.0. The fourth-order valence-electron chi connectivity index (χ4n) is 4.74. The molecule has 3 aromatic carbocycles. The van der Waals surface area contributed by atoms with Gasteiger partial charge in [0, 0.05) is 16.1 Å². The van der Waals surface area contributed by atoms with Gasteiger partial charge in [-0.15, -0.1) is 0 Å². The van der Waals surface area contributed by atoms with Gasteiger partial charge in [0.1, 0.15) is 12.4 Å². The number of carbonyl (C=O) groups excluding carboxylic acids is 1. The molecule has 0 fully saturated rings. The van der Waals surface area contributed by atoms with Crippen LogP contribution in [-0.2, 0) is 16.1 Å². The molecule has 0 aliphatic carbocycles. The van der Waals surface area contributed by atoms with Crippen molar-refractivity contribution in [3.05, 3.63) is 129 Å². The minimum absolute atomic E-state index is 0.0860. The molecular formula is C32H25Cl2N3O4S. The number of hydrogen-bond acceptors (Lipinski definition) is 7. The minimum Gasteiger partial charge on any atom is -0.487 e. The minimum atomic E-state index is -0.718. The Kier molecular flexibility index (Phi) is 8.64. The Morgan fingerprint density at radius 3 is 2.60 bits per heavy atom. The highest BCUT2D eigenvalue weighted by atomic mass is 35.5. The van der Waals surface area contributed by atoms with Gasteiger partial charge in [0.2, 0.25) is 0 Å². The third-order valence-corrected chi connectivity index (χ3v) is 8.23. The molecule has 0 radical (unpaired) electrons. The van der Waals surface area contributed by atoms with Crippen LogP contribution >= 0.6 is 34.5 Å². The van der Waals surface area contributed by atoms with E-state index in [1.165, 1.54) is 15.9 Å². The number of aromatic nitrogens is 1. The standard InChI is InChI=1S/C32H25Cl2N3O4S/c1-4-40-31(39)27-19(3)36-32-37(28(27)20-11-9-18(2)10-12-20)30(38)26(42-32)14-23-13-24(33)15-25(34)29(23)41-17-22-8-6-5-7-21(22)16-35/h5-15,28H,4,17H2,1-3H3/b26-14-/t28-/m0/s1. The number of thiazole rings is 1. The van der Waals surface area contributed by atoms with Crippen LogP contribution < -0.4 is 19.6 Å². The molecule has 2 heterocycles. The van der Waals surface area contributed by atoms with Crippen LogP contribution in [0.5, 0.6) is 5.75 Å². The molecule has 42 heavy (non-hydrogen) atoms. The second-order valence-corrected chi connectivity index (χ2v) is 11.4. The fraction of sp³-hybridized carbons (Fsp3) is 0.188. The number of fused-ring (bicyclic) bond motifs is 1. The van der Waals surface area contributed by atoms with Crippen LogP contribution in [-0.4, -0.2) is 17.1 Å². The van der Waals surface area contributed by atoms with Crippen molar-refractivity contribution >= 4 is 46.6 Å². The molecule has 0 N–H and O–H groups in total. The third kappa shape index (κ3) is 5.77. The van der Waals surface area contributed by atoms with Crippen LogP contribution in [0.4, 0.5) is 0 Å². The Hall–Kier alpha value is -4.16. The van der Waals surface area contributed by atoms with E-state index in [1.54, 1.807) is 50.3 Å². The van der Waals surface area contributed by atoms with Gasteiger partial charge in [0.15, 0.2) is 4.80 Å². The number of benzene rings is 3. The van der Waals surface area contributed by atoms with E-state index < -0.39 is 12.0 Å². The first-order valence-electron chi connectivity index (χ1n) is 13.1. The summed E-state index contributed by atoms with van der Waals surface area (Å²) in [5.41, 5.74) is 3.93. The van der Waals surface area contributed by atoms with Crippen molar-refractivity contribution in [3.8, 4) is 11.8 Å². The molecule has 0 spiro atoms. The highest BCUT2D eigenvalue weighted by molar-refractivity contribution is 7.07. The molecule has 5 rings (SSSR count). The van der Waals surface area contributed by atoms with Crippen molar-refractivity contribution in [2.24, 2.45) is 4.99 Å². The number of halogens is 2. The SMILES string of the molecule is CCOC(=O)C1=C(C)N=c2s/c(=C\c3cc(Cl)cc(Cl)c3OCc3ccccc3C#N)c(=O)n2[C@H]1c1ccc(C)cc1. The molecule has 0 saturated carbocycles. The van der Waals surface area contributed by atoms with E-state index in [1.807, 2.05) is 37.3 Å². The molecule has 212 valence electrons. The van der Waals surface area contributed by atoms with E-state index in [0.29, 0.717) is 48.1 Å². The van der Waals surface area contributed by atoms with Crippen LogP contribution in [0.3, 0.4) is 0 Å². The van der Waals surface area contributed by atoms with E-state index in [-0.39, 0.29) is 23.8 Å². The zero-order valence-electron chi connectivity index (χ0n) is 23.0. The normalized spacial score (nSPS) is 14.7. The number of esters is 1. The fourth-order valence-corrected chi connectivity index (χ4v) is 6.34. The van der Waals surface area contributed by atoms with E-state index in [2.05, 4.69) is 11.1 Å². The Balaban J connectivity index is 1.65. The maximum atomic E-state index is 14.0. The van der Waals surface area contributed by atoms with Crippen LogP contribution in [0.2, 0.25) is 10.0 Å². The lowest BCUT2D eigenvalue weighted by Crippen LogP contribution is -2.39. The maximum Gasteiger partial charge on any atom is 0.338 e. The topological polar surface area (TPSA) is 93.7 Å². The molecule has 1 aliphatic heterocycles. The molecule has 1 atom stereocenters. The highest BCUT2D eigenvalue weighted by Gasteiger charge is 2.33. The molecule has 7 nitrogen and oxygen atoms in total. The average molecular weight is 619 g/mol. The first kappa shape index (κ1) is 29.3. The Morgan fingerprint density at radius 1 is 1.14 bits per heavy atom. The van der Waals surface area contributed by atoms with Gasteiger partial charge < -0.3 is 9.47 Å². The predicted octanol–water partition coefficient (Wildman–Crippen LogP) is 5.86. The summed E-state index contributed by atoms with van der Waals surface area (Å²) >= 11 is 14.1. The summed E-state index contributed by atoms with van der Waals surface area (Å²) in [6.45, 7) is 5.72. The number of nitrogens with zero attached hydrogens (tertiary/aromatic N) is 3. The summed E-state index contributed by atoms with van der Waals surface area (Å²) in [6.07, 6.45) is 1.66. The van der Waals surface area contributed by atoms with Gasteiger partial charge in [0.05, 0.1) is 45.1 Å². The first-order chi connectivity index (χ1) is 20.2. The number of ether oxygens (including phenoxy) is 2. The summed E-state index contributed by atoms with van der Waals surface area (Å²) < 4.78 is 13.3. The zero-order chi connectivity index (χ0) is 30.0. The summed E-state index contributed by atoms with van der Waals surface area (Å²) in [5, 5.41) is 10.1. The van der Waals surface area contributed by atoms with Gasteiger partial charge in [0.25, 0.3) is 5.56 Å². The van der Waals surface area contributed by atoms with Crippen molar-refractivity contribution in [2.45, 2.75) is 33.4 Å². The molecule has 0 amide bonds. The van der Waals surface area contributed by atoms with Gasteiger partial charge in [-0.1, -0.05) is 82.6 Å². The van der Waals surface area contributed by atoms with E-state index in [0.717, 1.165) is 11.1 Å². The number of aryl methyl sites for hydroxylation is 1. The molecule has 4 aromatic rings. The largest absolute Gasteiger partial charge is 0.487 e. The number of allylic oxidation sites excluding steroid dienone is 1. The van der Waals surface area contributed by atoms with Gasteiger partial charge in [-0.3, -0.25) is 9.36 Å². The van der Waals surface area contributed by atoms with E-state index >= 15 is 0 Å². The molecular weight excluding hydrogens is 593 g/mol. The lowest BCUT2D eigenvalue weighted by atomic mass is 9.95. The summed E-state index contributed by atoms with van der Waals surface area (Å²) in [4.78, 5) is 32.2. The molecule has 0 saturated heterocycles. The number of nitriles is 1. The number of hydrogen-bond donors (Lipinski definition) is 0. The van der Waals surface area contributed by atoms with Crippen molar-refractivity contribution in [1.82, 2.24) is 4.57 Å². The predicted molar refractivity (Wildman–Crippen MR) is 164 cm³/mol. The van der Waals surface area contributed by atoms with Crippen molar-refractivity contribution in [1.29, 1.82) is 5.26 Å². The average Bonchev–Trinajstić information content (AvgIpc) is 3.26. The van der Waals surface area contributed by atoms with E-state index in [9.17, 15) is 14.9 Å². The Labute approximate surface area is 256 Å². The van der Waals surface area contributed by atoms with Crippen LogP contribution in [0, 0.1) is 18.3 Å². The van der Waals surface area contributed by atoms with Crippen LogP contribution in [0.1, 0.15) is 47.7 Å². The number of carbonyl (C=O) groups is 1. The van der Waals surface area contributed by atoms with Crippen molar-refractivity contribution < 1.29 is 14.3 Å². The molecule has 1 aromatic heterocycles. The molecule has 10 heteroatoms. The van der Waals surface area contributed by atoms with E-state index in [4.69, 9.17) is 32.7 Å². The van der Waals surface area contributed by atoms with Crippen molar-refractivity contribution in [3.63, 3.8) is 0 Å². The van der Waals surface area contributed by atoms with Gasteiger partial charge in [-0.2, -0.15) is 5.26 Å². The Morgan fingerprint density at radius 2 is 1.88 bits per heavy atom. The molecule has 0 bridgehead atoms. The van der Waals surface area contributed by atoms with Crippen LogP contribution in [0.15, 0.2) is 81.7 Å². The second kappa shape index (κ2) is 12.4. The summed E-state index contributed by atoms with van der Waals surface area (Å²) in [7, 11) is 0. The lowest BCUT2D eigenvalue weighted by molar-refractivity contribution is -0.139. The van der Waals surface area contributed by atoms with Crippen molar-refractivity contribution in [2.75, 3.05) is 6.61 Å². The monoisotopic (exact) mass is 617 g/mol. The molecule has 1 aliphatic rings. The summed E-state index contributed by atoms with van der Waals surface area (Å²) in [5.74, 6) is -0.202. The second-order valence-electron chi connectivity index (χ2n) is 9.58. The quantitative estimate of drug-likeness (QED) is 0.242. The third-order valence-electron chi connectivity index (χ3n) is 6.74. The lowest BCUT2D eigenvalue weighted by Gasteiger charge is -2.24. The Bertz CT molecular complexity index is 1950. The smallest absolute Gasteiger partial charge is 0.338 e.